The minimum absolute atomic E-state index is 0. The zero-order valence-corrected chi connectivity index (χ0v) is 11.5. The van der Waals surface area contributed by atoms with Crippen molar-refractivity contribution in [1.29, 1.82) is 0 Å². The highest BCUT2D eigenvalue weighted by atomic mass is 35.5. The Kier molecular flexibility index (Phi) is 5.72. The van der Waals surface area contributed by atoms with Gasteiger partial charge in [0.2, 0.25) is 0 Å². The predicted molar refractivity (Wildman–Crippen MR) is 73.1 cm³/mol. The van der Waals surface area contributed by atoms with Crippen LogP contribution in [-0.4, -0.2) is 36.8 Å². The van der Waals surface area contributed by atoms with E-state index in [1.165, 1.54) is 6.07 Å². The second kappa shape index (κ2) is 6.84. The van der Waals surface area contributed by atoms with E-state index in [0.29, 0.717) is 25.2 Å². The van der Waals surface area contributed by atoms with Crippen molar-refractivity contribution in [3.8, 4) is 0 Å². The summed E-state index contributed by atoms with van der Waals surface area (Å²) < 4.78 is 13.7. The lowest BCUT2D eigenvalue weighted by Crippen LogP contribution is -2.34. The molecule has 1 heterocycles. The molecule has 0 aliphatic carbocycles. The Labute approximate surface area is 117 Å². The topological polar surface area (TPSA) is 61.4 Å². The zero-order chi connectivity index (χ0) is 13.1. The number of aliphatic hydroxyl groups excluding tert-OH is 1. The first-order valence-corrected chi connectivity index (χ1v) is 6.01. The normalized spacial score (nSPS) is 21.8. The number of hydrogen-bond donors (Lipinski definition) is 3. The minimum atomic E-state index is -0.486. The molecule has 2 unspecified atom stereocenters. The zero-order valence-electron chi connectivity index (χ0n) is 10.6. The van der Waals surface area contributed by atoms with E-state index in [0.717, 1.165) is 0 Å². The Bertz CT molecular complexity index is 456. The lowest BCUT2D eigenvalue weighted by molar-refractivity contribution is 0.0923. The molecule has 1 saturated heterocycles. The summed E-state index contributed by atoms with van der Waals surface area (Å²) in [5, 5.41) is 15.3. The molecule has 0 aromatic heterocycles. The van der Waals surface area contributed by atoms with Crippen LogP contribution in [0.2, 0.25) is 0 Å². The van der Waals surface area contributed by atoms with Gasteiger partial charge in [-0.2, -0.15) is 0 Å². The first-order chi connectivity index (χ1) is 8.59. The molecule has 1 aliphatic rings. The number of nitrogens with one attached hydrogen (secondary N) is 2. The molecule has 2 rings (SSSR count). The average molecular weight is 289 g/mol. The van der Waals surface area contributed by atoms with Gasteiger partial charge in [0.1, 0.15) is 5.82 Å². The van der Waals surface area contributed by atoms with Crippen LogP contribution in [0.25, 0.3) is 0 Å². The summed E-state index contributed by atoms with van der Waals surface area (Å²) in [7, 11) is 0. The number of rotatable bonds is 3. The van der Waals surface area contributed by atoms with E-state index in [1.54, 1.807) is 19.1 Å². The SMILES string of the molecule is Cc1cccc(C(=O)NCC2CNCC2O)c1F.Cl. The quantitative estimate of drug-likeness (QED) is 0.773. The fraction of sp³-hybridized carbons (Fsp3) is 0.462. The lowest BCUT2D eigenvalue weighted by atomic mass is 10.1. The minimum Gasteiger partial charge on any atom is -0.391 e. The molecule has 1 amide bonds. The summed E-state index contributed by atoms with van der Waals surface area (Å²) in [4.78, 5) is 11.8. The molecule has 0 spiro atoms. The summed E-state index contributed by atoms with van der Waals surface area (Å²) in [5.41, 5.74) is 0.501. The highest BCUT2D eigenvalue weighted by molar-refractivity contribution is 5.94. The fourth-order valence-corrected chi connectivity index (χ4v) is 2.07. The molecule has 4 nitrogen and oxygen atoms in total. The Balaban J connectivity index is 0.00000180. The van der Waals surface area contributed by atoms with E-state index in [2.05, 4.69) is 10.6 Å². The van der Waals surface area contributed by atoms with Gasteiger partial charge in [0.05, 0.1) is 11.7 Å². The number of halogens is 2. The molecular formula is C13H18ClFN2O2. The van der Waals surface area contributed by atoms with Gasteiger partial charge in [-0.3, -0.25) is 4.79 Å². The van der Waals surface area contributed by atoms with E-state index in [9.17, 15) is 14.3 Å². The first-order valence-electron chi connectivity index (χ1n) is 6.01. The van der Waals surface area contributed by atoms with E-state index in [-0.39, 0.29) is 23.9 Å². The number of hydrogen-bond acceptors (Lipinski definition) is 3. The molecule has 106 valence electrons. The van der Waals surface area contributed by atoms with Crippen LogP contribution in [0.4, 0.5) is 4.39 Å². The van der Waals surface area contributed by atoms with Crippen molar-refractivity contribution in [2.45, 2.75) is 13.0 Å². The second-order valence-corrected chi connectivity index (χ2v) is 4.63. The third-order valence-electron chi connectivity index (χ3n) is 3.27. The molecular weight excluding hydrogens is 271 g/mol. The van der Waals surface area contributed by atoms with Crippen LogP contribution in [-0.2, 0) is 0 Å². The molecule has 0 radical (unpaired) electrons. The molecule has 3 N–H and O–H groups in total. The van der Waals surface area contributed by atoms with Crippen LogP contribution in [0.1, 0.15) is 15.9 Å². The highest BCUT2D eigenvalue weighted by Gasteiger charge is 2.25. The number of β-amino-alcohol motifs (C(OH)–C–C–N with tert-alkyl or cyclic N) is 1. The maximum absolute atomic E-state index is 13.7. The number of amides is 1. The number of benzene rings is 1. The van der Waals surface area contributed by atoms with Crippen LogP contribution in [0.5, 0.6) is 0 Å². The molecule has 0 bridgehead atoms. The summed E-state index contributed by atoms with van der Waals surface area (Å²) in [6, 6.07) is 4.73. The third kappa shape index (κ3) is 3.65. The van der Waals surface area contributed by atoms with Crippen molar-refractivity contribution in [2.24, 2.45) is 5.92 Å². The van der Waals surface area contributed by atoms with Gasteiger partial charge in [0.25, 0.3) is 5.91 Å². The van der Waals surface area contributed by atoms with Crippen molar-refractivity contribution in [3.05, 3.63) is 35.1 Å². The predicted octanol–water partition coefficient (Wildman–Crippen LogP) is 0.866. The molecule has 19 heavy (non-hydrogen) atoms. The highest BCUT2D eigenvalue weighted by Crippen LogP contribution is 2.12. The third-order valence-corrected chi connectivity index (χ3v) is 3.27. The molecule has 0 saturated carbocycles. The van der Waals surface area contributed by atoms with Gasteiger partial charge in [-0.25, -0.2) is 4.39 Å². The van der Waals surface area contributed by atoms with E-state index in [1.807, 2.05) is 0 Å². The van der Waals surface area contributed by atoms with Crippen LogP contribution < -0.4 is 10.6 Å². The molecule has 1 aromatic carbocycles. The standard InChI is InChI=1S/C13H17FN2O2.ClH/c1-8-3-2-4-10(12(8)14)13(18)16-6-9-5-15-7-11(9)17;/h2-4,9,11,15,17H,5-7H2,1H3,(H,16,18);1H. The Hall–Kier alpha value is -1.17. The van der Waals surface area contributed by atoms with Gasteiger partial charge in [-0.05, 0) is 18.6 Å². The van der Waals surface area contributed by atoms with Gasteiger partial charge in [0, 0.05) is 25.6 Å². The van der Waals surface area contributed by atoms with E-state index < -0.39 is 17.8 Å². The first kappa shape index (κ1) is 15.9. The van der Waals surface area contributed by atoms with Crippen LogP contribution in [0.3, 0.4) is 0 Å². The average Bonchev–Trinajstić information content (AvgIpc) is 2.75. The smallest absolute Gasteiger partial charge is 0.254 e. The van der Waals surface area contributed by atoms with Crippen LogP contribution in [0.15, 0.2) is 18.2 Å². The Morgan fingerprint density at radius 1 is 1.53 bits per heavy atom. The number of aryl methyl sites for hydroxylation is 1. The Morgan fingerprint density at radius 2 is 2.26 bits per heavy atom. The van der Waals surface area contributed by atoms with Crippen LogP contribution >= 0.6 is 12.4 Å². The molecule has 1 aliphatic heterocycles. The van der Waals surface area contributed by atoms with Gasteiger partial charge in [0.15, 0.2) is 0 Å². The van der Waals surface area contributed by atoms with Crippen molar-refractivity contribution in [3.63, 3.8) is 0 Å². The second-order valence-electron chi connectivity index (χ2n) is 4.63. The van der Waals surface area contributed by atoms with Gasteiger partial charge in [-0.15, -0.1) is 12.4 Å². The number of carbonyl (C=O) groups excluding carboxylic acids is 1. The van der Waals surface area contributed by atoms with Gasteiger partial charge >= 0.3 is 0 Å². The largest absolute Gasteiger partial charge is 0.391 e. The van der Waals surface area contributed by atoms with Crippen molar-refractivity contribution in [2.75, 3.05) is 19.6 Å². The summed E-state index contributed by atoms with van der Waals surface area (Å²) in [6.07, 6.45) is -0.451. The summed E-state index contributed by atoms with van der Waals surface area (Å²) in [6.45, 7) is 3.17. The van der Waals surface area contributed by atoms with E-state index in [4.69, 9.17) is 0 Å². The van der Waals surface area contributed by atoms with Crippen molar-refractivity contribution < 1.29 is 14.3 Å². The number of carbonyl (C=O) groups is 1. The maximum Gasteiger partial charge on any atom is 0.254 e. The lowest BCUT2D eigenvalue weighted by Gasteiger charge is -2.14. The molecule has 1 fully saturated rings. The van der Waals surface area contributed by atoms with Crippen molar-refractivity contribution >= 4 is 18.3 Å². The van der Waals surface area contributed by atoms with Crippen molar-refractivity contribution in [1.82, 2.24) is 10.6 Å². The van der Waals surface area contributed by atoms with E-state index >= 15 is 0 Å². The Morgan fingerprint density at radius 3 is 2.89 bits per heavy atom. The summed E-state index contributed by atoms with van der Waals surface area (Å²) in [5.74, 6) is -0.933. The van der Waals surface area contributed by atoms with Gasteiger partial charge < -0.3 is 15.7 Å². The van der Waals surface area contributed by atoms with Gasteiger partial charge in [-0.1, -0.05) is 12.1 Å². The van der Waals surface area contributed by atoms with Crippen LogP contribution in [0, 0.1) is 18.7 Å². The number of aliphatic hydroxyl groups is 1. The maximum atomic E-state index is 13.7. The molecule has 1 aromatic rings. The molecule has 2 atom stereocenters. The summed E-state index contributed by atoms with van der Waals surface area (Å²) >= 11 is 0. The molecule has 6 heteroatoms. The fourth-order valence-electron chi connectivity index (χ4n) is 2.07. The monoisotopic (exact) mass is 288 g/mol.